The number of aryl methyl sites for hydroxylation is 2. The number of nitrogens with zero attached hydrogens (tertiary/aromatic N) is 1. The number of aromatic carboxylic acids is 1. The molecule has 0 atom stereocenters. The molecule has 0 saturated heterocycles. The summed E-state index contributed by atoms with van der Waals surface area (Å²) >= 11 is 2.66. The number of hydrogen-bond acceptors (Lipinski definition) is 5. The molecule has 0 saturated carbocycles. The van der Waals surface area contributed by atoms with Gasteiger partial charge in [-0.2, -0.15) is 0 Å². The van der Waals surface area contributed by atoms with Crippen LogP contribution in [0.3, 0.4) is 0 Å². The molecule has 7 heteroatoms. The number of carboxylic acids is 1. The molecular weight excluding hydrogens is 284 g/mol. The number of thiazole rings is 1. The highest BCUT2D eigenvalue weighted by Gasteiger charge is 2.14. The van der Waals surface area contributed by atoms with Crippen LogP contribution in [0.4, 0.5) is 0 Å². The second-order valence-electron chi connectivity index (χ2n) is 3.98. The molecule has 0 spiro atoms. The summed E-state index contributed by atoms with van der Waals surface area (Å²) in [5.41, 5.74) is 1.11. The molecule has 0 aliphatic heterocycles. The van der Waals surface area contributed by atoms with E-state index in [4.69, 9.17) is 5.11 Å². The van der Waals surface area contributed by atoms with Crippen LogP contribution < -0.4 is 5.32 Å². The molecule has 2 heterocycles. The maximum absolute atomic E-state index is 11.8. The van der Waals surface area contributed by atoms with Crippen LogP contribution in [0.1, 0.15) is 35.6 Å². The van der Waals surface area contributed by atoms with Gasteiger partial charge in [-0.3, -0.25) is 4.79 Å². The molecule has 5 nitrogen and oxygen atoms in total. The first-order chi connectivity index (χ1) is 8.97. The van der Waals surface area contributed by atoms with Crippen LogP contribution in [0.2, 0.25) is 0 Å². The minimum Gasteiger partial charge on any atom is -0.476 e. The predicted molar refractivity (Wildman–Crippen MR) is 74.0 cm³/mol. The van der Waals surface area contributed by atoms with E-state index in [-0.39, 0.29) is 16.6 Å². The van der Waals surface area contributed by atoms with Crippen molar-refractivity contribution in [1.29, 1.82) is 0 Å². The molecule has 0 unspecified atom stereocenters. The summed E-state index contributed by atoms with van der Waals surface area (Å²) in [5, 5.41) is 13.0. The van der Waals surface area contributed by atoms with Crippen molar-refractivity contribution in [3.63, 3.8) is 0 Å². The van der Waals surface area contributed by atoms with E-state index in [0.717, 1.165) is 16.2 Å². The molecule has 0 aromatic carbocycles. The fourth-order valence-electron chi connectivity index (χ4n) is 1.46. The lowest BCUT2D eigenvalue weighted by atomic mass is 10.3. The smallest absolute Gasteiger partial charge is 0.355 e. The lowest BCUT2D eigenvalue weighted by Crippen LogP contribution is -2.22. The van der Waals surface area contributed by atoms with Crippen molar-refractivity contribution in [1.82, 2.24) is 10.3 Å². The molecule has 0 fully saturated rings. The largest absolute Gasteiger partial charge is 0.476 e. The minimum atomic E-state index is -1.13. The first kappa shape index (κ1) is 13.7. The molecule has 19 heavy (non-hydrogen) atoms. The van der Waals surface area contributed by atoms with Crippen molar-refractivity contribution < 1.29 is 14.7 Å². The fourth-order valence-corrected chi connectivity index (χ4v) is 3.16. The number of carboxylic acid groups (broad SMARTS) is 1. The maximum Gasteiger partial charge on any atom is 0.355 e. The first-order valence-electron chi connectivity index (χ1n) is 5.50. The summed E-state index contributed by atoms with van der Waals surface area (Å²) < 4.78 is 0. The van der Waals surface area contributed by atoms with Gasteiger partial charge in [0.15, 0.2) is 10.7 Å². The van der Waals surface area contributed by atoms with Gasteiger partial charge in [-0.05, 0) is 25.5 Å². The monoisotopic (exact) mass is 296 g/mol. The Morgan fingerprint density at radius 2 is 2.16 bits per heavy atom. The average molecular weight is 296 g/mol. The molecule has 0 radical (unpaired) electrons. The van der Waals surface area contributed by atoms with Gasteiger partial charge in [0.1, 0.15) is 0 Å². The standard InChI is InChI=1S/C12H12N2O3S2/c1-6-3-8(19-7(6)2)4-13-10(15)11-14-9(5-18-11)12(16)17/h3,5H,4H2,1-2H3,(H,13,15)(H,16,17). The van der Waals surface area contributed by atoms with Crippen LogP contribution in [-0.4, -0.2) is 22.0 Å². The Morgan fingerprint density at radius 1 is 1.42 bits per heavy atom. The van der Waals surface area contributed by atoms with Gasteiger partial charge in [0.25, 0.3) is 5.91 Å². The number of carbonyl (C=O) groups is 2. The molecule has 0 aliphatic rings. The topological polar surface area (TPSA) is 79.3 Å². The maximum atomic E-state index is 11.8. The van der Waals surface area contributed by atoms with Gasteiger partial charge >= 0.3 is 5.97 Å². The Labute approximate surface area is 117 Å². The molecule has 2 rings (SSSR count). The van der Waals surface area contributed by atoms with E-state index in [0.29, 0.717) is 6.54 Å². The van der Waals surface area contributed by atoms with E-state index in [9.17, 15) is 9.59 Å². The number of rotatable bonds is 4. The van der Waals surface area contributed by atoms with Gasteiger partial charge in [0.2, 0.25) is 0 Å². The quantitative estimate of drug-likeness (QED) is 0.908. The molecular formula is C12H12N2O3S2. The number of amides is 1. The number of hydrogen-bond donors (Lipinski definition) is 2. The van der Waals surface area contributed by atoms with Crippen LogP contribution >= 0.6 is 22.7 Å². The summed E-state index contributed by atoms with van der Waals surface area (Å²) in [4.78, 5) is 28.5. The Balaban J connectivity index is 1.99. The Hall–Kier alpha value is -1.73. The van der Waals surface area contributed by atoms with Crippen LogP contribution in [0, 0.1) is 13.8 Å². The van der Waals surface area contributed by atoms with Crippen molar-refractivity contribution in [2.75, 3.05) is 0 Å². The number of nitrogens with one attached hydrogen (secondary N) is 1. The van der Waals surface area contributed by atoms with Crippen molar-refractivity contribution in [3.8, 4) is 0 Å². The summed E-state index contributed by atoms with van der Waals surface area (Å²) in [6.45, 7) is 4.49. The lowest BCUT2D eigenvalue weighted by Gasteiger charge is -1.99. The van der Waals surface area contributed by atoms with E-state index in [1.165, 1.54) is 15.8 Å². The van der Waals surface area contributed by atoms with Gasteiger partial charge in [-0.15, -0.1) is 22.7 Å². The summed E-state index contributed by atoms with van der Waals surface area (Å²) in [5.74, 6) is -1.47. The van der Waals surface area contributed by atoms with Crippen molar-refractivity contribution in [2.24, 2.45) is 0 Å². The van der Waals surface area contributed by atoms with E-state index in [1.807, 2.05) is 19.9 Å². The third-order valence-electron chi connectivity index (χ3n) is 2.56. The molecule has 0 bridgehead atoms. The number of aromatic nitrogens is 1. The molecule has 2 N–H and O–H groups in total. The number of thiophene rings is 1. The van der Waals surface area contributed by atoms with Gasteiger partial charge in [0.05, 0.1) is 6.54 Å². The lowest BCUT2D eigenvalue weighted by molar-refractivity contribution is 0.0691. The fraction of sp³-hybridized carbons (Fsp3) is 0.250. The SMILES string of the molecule is Cc1cc(CNC(=O)c2nc(C(=O)O)cs2)sc1C. The van der Waals surface area contributed by atoms with E-state index < -0.39 is 5.97 Å². The normalized spacial score (nSPS) is 10.4. The third kappa shape index (κ3) is 3.18. The van der Waals surface area contributed by atoms with Gasteiger partial charge in [-0.1, -0.05) is 0 Å². The molecule has 2 aromatic heterocycles. The first-order valence-corrected chi connectivity index (χ1v) is 7.20. The summed E-state index contributed by atoms with van der Waals surface area (Å²) in [7, 11) is 0. The predicted octanol–water partition coefficient (Wildman–Crippen LogP) is 2.45. The zero-order chi connectivity index (χ0) is 14.0. The zero-order valence-electron chi connectivity index (χ0n) is 10.4. The average Bonchev–Trinajstić information content (AvgIpc) is 2.95. The van der Waals surface area contributed by atoms with Crippen LogP contribution in [0.5, 0.6) is 0 Å². The van der Waals surface area contributed by atoms with E-state index >= 15 is 0 Å². The highest BCUT2D eigenvalue weighted by molar-refractivity contribution is 7.12. The van der Waals surface area contributed by atoms with Crippen LogP contribution in [0.15, 0.2) is 11.4 Å². The van der Waals surface area contributed by atoms with E-state index in [1.54, 1.807) is 11.3 Å². The summed E-state index contributed by atoms with van der Waals surface area (Å²) in [6.07, 6.45) is 0. The van der Waals surface area contributed by atoms with Crippen LogP contribution in [-0.2, 0) is 6.54 Å². The van der Waals surface area contributed by atoms with Crippen molar-refractivity contribution in [3.05, 3.63) is 37.5 Å². The zero-order valence-corrected chi connectivity index (χ0v) is 12.0. The second-order valence-corrected chi connectivity index (χ2v) is 6.18. The minimum absolute atomic E-state index is 0.0991. The van der Waals surface area contributed by atoms with Gasteiger partial charge < -0.3 is 10.4 Å². The number of carbonyl (C=O) groups excluding carboxylic acids is 1. The molecule has 1 amide bonds. The van der Waals surface area contributed by atoms with Gasteiger partial charge in [0, 0.05) is 15.1 Å². The Morgan fingerprint density at radius 3 is 2.68 bits per heavy atom. The second kappa shape index (κ2) is 5.50. The molecule has 100 valence electrons. The Bertz CT molecular complexity index is 611. The summed E-state index contributed by atoms with van der Waals surface area (Å²) in [6, 6.07) is 2.03. The highest BCUT2D eigenvalue weighted by atomic mass is 32.1. The Kier molecular flexibility index (Phi) is 3.96. The van der Waals surface area contributed by atoms with Crippen molar-refractivity contribution in [2.45, 2.75) is 20.4 Å². The highest BCUT2D eigenvalue weighted by Crippen LogP contribution is 2.20. The van der Waals surface area contributed by atoms with Crippen molar-refractivity contribution >= 4 is 34.6 Å². The van der Waals surface area contributed by atoms with E-state index in [2.05, 4.69) is 10.3 Å². The molecule has 0 aliphatic carbocycles. The van der Waals surface area contributed by atoms with Gasteiger partial charge in [-0.25, -0.2) is 9.78 Å². The molecule has 2 aromatic rings. The third-order valence-corrected chi connectivity index (χ3v) is 4.55. The van der Waals surface area contributed by atoms with Crippen LogP contribution in [0.25, 0.3) is 0 Å².